The predicted octanol–water partition coefficient (Wildman–Crippen LogP) is 5.93. The Labute approximate surface area is 226 Å². The maximum absolute atomic E-state index is 13.6. The molecule has 0 unspecified atom stereocenters. The van der Waals surface area contributed by atoms with Crippen molar-refractivity contribution >= 4 is 42.4 Å². The smallest absolute Gasteiger partial charge is 0.337 e. The van der Waals surface area contributed by atoms with E-state index in [1.807, 2.05) is 13.8 Å². The predicted molar refractivity (Wildman–Crippen MR) is 151 cm³/mol. The van der Waals surface area contributed by atoms with Crippen molar-refractivity contribution in [2.45, 2.75) is 40.7 Å². The number of aryl methyl sites for hydroxylation is 2. The van der Waals surface area contributed by atoms with Crippen molar-refractivity contribution in [3.63, 3.8) is 0 Å². The first-order chi connectivity index (χ1) is 16.2. The number of nitrogens with zero attached hydrogens (tertiary/aromatic N) is 2. The van der Waals surface area contributed by atoms with E-state index < -0.39 is 5.97 Å². The standard InChI is InChI=1S/C28H33N3O3.2ClH/c1-17(2)14-24-23(16-29)25(20-12-10-18(3)11-13-20)26(19(4)30-24)31(5)27(32)21-8-7-9-22(15-21)28(33)34-6;;/h7-13,15,17H,14,16,29H2,1-6H3;2*1H. The zero-order valence-corrected chi connectivity index (χ0v) is 23.3. The van der Waals surface area contributed by atoms with Crippen LogP contribution in [0.5, 0.6) is 0 Å². The summed E-state index contributed by atoms with van der Waals surface area (Å²) in [4.78, 5) is 32.1. The lowest BCUT2D eigenvalue weighted by Gasteiger charge is -2.27. The highest BCUT2D eigenvalue weighted by atomic mass is 35.5. The monoisotopic (exact) mass is 531 g/mol. The number of carbonyl (C=O) groups excluding carboxylic acids is 2. The average molecular weight is 533 g/mol. The number of methoxy groups -OCH3 is 1. The van der Waals surface area contributed by atoms with Gasteiger partial charge in [0.25, 0.3) is 5.91 Å². The van der Waals surface area contributed by atoms with Gasteiger partial charge in [-0.1, -0.05) is 49.7 Å². The highest BCUT2D eigenvalue weighted by Crippen LogP contribution is 2.38. The van der Waals surface area contributed by atoms with Gasteiger partial charge in [0, 0.05) is 30.4 Å². The van der Waals surface area contributed by atoms with Crippen molar-refractivity contribution in [3.05, 3.63) is 82.2 Å². The van der Waals surface area contributed by atoms with E-state index in [1.54, 1.807) is 36.2 Å². The normalized spacial score (nSPS) is 10.3. The third-order valence-electron chi connectivity index (χ3n) is 5.85. The van der Waals surface area contributed by atoms with Gasteiger partial charge in [-0.15, -0.1) is 24.8 Å². The van der Waals surface area contributed by atoms with Crippen LogP contribution in [0.1, 0.15) is 57.1 Å². The van der Waals surface area contributed by atoms with Gasteiger partial charge >= 0.3 is 5.97 Å². The number of carbonyl (C=O) groups is 2. The summed E-state index contributed by atoms with van der Waals surface area (Å²) in [7, 11) is 3.05. The minimum Gasteiger partial charge on any atom is -0.465 e. The fourth-order valence-corrected chi connectivity index (χ4v) is 4.20. The minimum atomic E-state index is -0.487. The van der Waals surface area contributed by atoms with Crippen LogP contribution in [0.4, 0.5) is 5.69 Å². The molecule has 0 saturated heterocycles. The molecule has 0 atom stereocenters. The Morgan fingerprint density at radius 3 is 2.19 bits per heavy atom. The number of halogens is 2. The van der Waals surface area contributed by atoms with Crippen LogP contribution in [-0.4, -0.2) is 31.0 Å². The van der Waals surface area contributed by atoms with Crippen LogP contribution in [0, 0.1) is 19.8 Å². The molecule has 0 fully saturated rings. The maximum atomic E-state index is 13.6. The molecule has 0 aliphatic carbocycles. The fourth-order valence-electron chi connectivity index (χ4n) is 4.20. The number of hydrogen-bond acceptors (Lipinski definition) is 5. The molecule has 1 amide bonds. The summed E-state index contributed by atoms with van der Waals surface area (Å²) in [5, 5.41) is 0. The van der Waals surface area contributed by atoms with Gasteiger partial charge < -0.3 is 15.4 Å². The van der Waals surface area contributed by atoms with Crippen LogP contribution in [-0.2, 0) is 17.7 Å². The number of benzene rings is 2. The van der Waals surface area contributed by atoms with Crippen molar-refractivity contribution in [1.82, 2.24) is 4.98 Å². The van der Waals surface area contributed by atoms with E-state index in [-0.39, 0.29) is 30.7 Å². The van der Waals surface area contributed by atoms with Gasteiger partial charge in [-0.2, -0.15) is 0 Å². The van der Waals surface area contributed by atoms with Gasteiger partial charge in [0.05, 0.1) is 24.1 Å². The van der Waals surface area contributed by atoms with Gasteiger partial charge in [0.2, 0.25) is 0 Å². The van der Waals surface area contributed by atoms with Crippen LogP contribution in [0.3, 0.4) is 0 Å². The van der Waals surface area contributed by atoms with Gasteiger partial charge in [0.15, 0.2) is 0 Å². The zero-order valence-electron chi connectivity index (χ0n) is 21.6. The fraction of sp³-hybridized carbons (Fsp3) is 0.321. The second-order valence-corrected chi connectivity index (χ2v) is 8.95. The van der Waals surface area contributed by atoms with Crippen LogP contribution in [0.15, 0.2) is 48.5 Å². The molecule has 3 rings (SSSR count). The first-order valence-electron chi connectivity index (χ1n) is 11.4. The second kappa shape index (κ2) is 13.4. The summed E-state index contributed by atoms with van der Waals surface area (Å²) in [6.07, 6.45) is 0.797. The van der Waals surface area contributed by atoms with E-state index >= 15 is 0 Å². The Morgan fingerprint density at radius 2 is 1.64 bits per heavy atom. The van der Waals surface area contributed by atoms with E-state index in [1.165, 1.54) is 7.11 Å². The highest BCUT2D eigenvalue weighted by Gasteiger charge is 2.25. The third kappa shape index (κ3) is 6.64. The summed E-state index contributed by atoms with van der Waals surface area (Å²) in [5.74, 6) is -0.322. The molecule has 0 saturated carbocycles. The van der Waals surface area contributed by atoms with Crippen LogP contribution in [0.2, 0.25) is 0 Å². The first kappa shape index (κ1) is 31.1. The third-order valence-corrected chi connectivity index (χ3v) is 5.85. The Kier molecular flexibility index (Phi) is 11.6. The van der Waals surface area contributed by atoms with E-state index in [4.69, 9.17) is 15.5 Å². The molecular weight excluding hydrogens is 497 g/mol. The maximum Gasteiger partial charge on any atom is 0.337 e. The summed E-state index contributed by atoms with van der Waals surface area (Å²) >= 11 is 0. The molecule has 1 aromatic heterocycles. The van der Waals surface area contributed by atoms with Crippen molar-refractivity contribution in [2.24, 2.45) is 11.7 Å². The molecule has 3 aromatic rings. The molecule has 0 aliphatic rings. The Balaban J connectivity index is 0.00000324. The molecule has 1 heterocycles. The molecule has 2 aromatic carbocycles. The van der Waals surface area contributed by atoms with Gasteiger partial charge in [-0.05, 0) is 55.5 Å². The molecule has 0 bridgehead atoms. The minimum absolute atomic E-state index is 0. The summed E-state index contributed by atoms with van der Waals surface area (Å²) in [6.45, 7) is 8.58. The highest BCUT2D eigenvalue weighted by molar-refractivity contribution is 6.09. The summed E-state index contributed by atoms with van der Waals surface area (Å²) in [6, 6.07) is 14.8. The molecule has 36 heavy (non-hydrogen) atoms. The van der Waals surface area contributed by atoms with Crippen molar-refractivity contribution < 1.29 is 14.3 Å². The Bertz CT molecular complexity index is 1210. The van der Waals surface area contributed by atoms with Crippen molar-refractivity contribution in [3.8, 4) is 11.1 Å². The Hall–Kier alpha value is -2.93. The molecule has 8 heteroatoms. The summed E-state index contributed by atoms with van der Waals surface area (Å²) in [5.41, 5.74) is 13.4. The number of anilines is 1. The molecule has 0 spiro atoms. The second-order valence-electron chi connectivity index (χ2n) is 8.95. The largest absolute Gasteiger partial charge is 0.465 e. The van der Waals surface area contributed by atoms with Gasteiger partial charge in [-0.25, -0.2) is 4.79 Å². The number of pyridine rings is 1. The molecule has 0 radical (unpaired) electrons. The van der Waals surface area contributed by atoms with Crippen LogP contribution in [0.25, 0.3) is 11.1 Å². The molecular formula is C28H35Cl2N3O3. The number of rotatable bonds is 7. The van der Waals surface area contributed by atoms with Crippen LogP contribution >= 0.6 is 24.8 Å². The van der Waals surface area contributed by atoms with E-state index in [0.717, 1.165) is 40.1 Å². The lowest BCUT2D eigenvalue weighted by atomic mass is 9.91. The van der Waals surface area contributed by atoms with Crippen molar-refractivity contribution in [1.29, 1.82) is 0 Å². The molecule has 2 N–H and O–H groups in total. The van der Waals surface area contributed by atoms with Crippen molar-refractivity contribution in [2.75, 3.05) is 19.1 Å². The van der Waals surface area contributed by atoms with E-state index in [2.05, 4.69) is 38.1 Å². The zero-order chi connectivity index (χ0) is 25.0. The molecule has 0 aliphatic heterocycles. The van der Waals surface area contributed by atoms with Gasteiger partial charge in [-0.3, -0.25) is 9.78 Å². The Morgan fingerprint density at radius 1 is 1.03 bits per heavy atom. The van der Waals surface area contributed by atoms with Crippen LogP contribution < -0.4 is 10.6 Å². The quantitative estimate of drug-likeness (QED) is 0.382. The summed E-state index contributed by atoms with van der Waals surface area (Å²) < 4.78 is 4.81. The average Bonchev–Trinajstić information content (AvgIpc) is 2.82. The number of amides is 1. The SMILES string of the molecule is COC(=O)c1cccc(C(=O)N(C)c2c(C)nc(CC(C)C)c(CN)c2-c2ccc(C)cc2)c1.Cl.Cl. The lowest BCUT2D eigenvalue weighted by Crippen LogP contribution is -2.29. The molecule has 6 nitrogen and oxygen atoms in total. The lowest BCUT2D eigenvalue weighted by molar-refractivity contribution is 0.0600. The van der Waals surface area contributed by atoms with Gasteiger partial charge in [0.1, 0.15) is 0 Å². The number of ether oxygens (including phenoxy) is 1. The number of hydrogen-bond donors (Lipinski definition) is 1. The van der Waals surface area contributed by atoms with E-state index in [9.17, 15) is 9.59 Å². The van der Waals surface area contributed by atoms with E-state index in [0.29, 0.717) is 29.3 Å². The topological polar surface area (TPSA) is 85.5 Å². The number of esters is 1. The molecule has 194 valence electrons. The number of nitrogens with two attached hydrogens (primary N) is 1. The first-order valence-corrected chi connectivity index (χ1v) is 11.4. The number of aromatic nitrogens is 1.